The summed E-state index contributed by atoms with van der Waals surface area (Å²) in [4.78, 5) is 0.305. The van der Waals surface area contributed by atoms with Crippen LogP contribution in [0.2, 0.25) is 0 Å². The van der Waals surface area contributed by atoms with E-state index in [1.807, 2.05) is 13.1 Å². The molecule has 1 saturated heterocycles. The standard InChI is InChI=1S/C15H21BrN2O3S/c1-17-9-11-3-2-5-18(10-11)22(19,20)14-8-13(16)7-12-4-6-21-15(12)14/h7-8,11,17H,2-6,9-10H2,1H3. The molecule has 2 heterocycles. The quantitative estimate of drug-likeness (QED) is 0.856. The number of nitrogens with one attached hydrogen (secondary N) is 1. The van der Waals surface area contributed by atoms with Crippen molar-refractivity contribution in [1.82, 2.24) is 9.62 Å². The third kappa shape index (κ3) is 3.04. The summed E-state index contributed by atoms with van der Waals surface area (Å²) in [6.45, 7) is 2.56. The van der Waals surface area contributed by atoms with Crippen LogP contribution >= 0.6 is 15.9 Å². The fraction of sp³-hybridized carbons (Fsp3) is 0.600. The van der Waals surface area contributed by atoms with Gasteiger partial charge in [-0.15, -0.1) is 0 Å². The van der Waals surface area contributed by atoms with Crippen LogP contribution in [0.5, 0.6) is 5.75 Å². The highest BCUT2D eigenvalue weighted by atomic mass is 79.9. The Morgan fingerprint density at radius 2 is 2.27 bits per heavy atom. The molecular formula is C15H21BrN2O3S. The molecule has 0 amide bonds. The number of halogens is 1. The molecule has 122 valence electrons. The summed E-state index contributed by atoms with van der Waals surface area (Å²) in [6.07, 6.45) is 2.74. The predicted molar refractivity (Wildman–Crippen MR) is 88.8 cm³/mol. The first-order valence-electron chi connectivity index (χ1n) is 7.62. The molecule has 1 atom stereocenters. The van der Waals surface area contributed by atoms with Crippen LogP contribution in [0.3, 0.4) is 0 Å². The van der Waals surface area contributed by atoms with E-state index in [0.29, 0.717) is 36.3 Å². The molecule has 2 aliphatic rings. The smallest absolute Gasteiger partial charge is 0.246 e. The highest BCUT2D eigenvalue weighted by Crippen LogP contribution is 2.38. The normalized spacial score (nSPS) is 22.4. The molecule has 0 bridgehead atoms. The highest BCUT2D eigenvalue weighted by molar-refractivity contribution is 9.10. The minimum absolute atomic E-state index is 0.305. The summed E-state index contributed by atoms with van der Waals surface area (Å²) >= 11 is 3.42. The van der Waals surface area contributed by atoms with E-state index in [-0.39, 0.29) is 0 Å². The summed E-state index contributed by atoms with van der Waals surface area (Å²) in [6, 6.07) is 3.61. The van der Waals surface area contributed by atoms with E-state index in [4.69, 9.17) is 4.74 Å². The SMILES string of the molecule is CNCC1CCCN(S(=O)(=O)c2cc(Br)cc3c2OCC3)C1. The second-order valence-electron chi connectivity index (χ2n) is 5.92. The van der Waals surface area contributed by atoms with Gasteiger partial charge in [-0.25, -0.2) is 8.42 Å². The van der Waals surface area contributed by atoms with Crippen molar-refractivity contribution in [3.05, 3.63) is 22.2 Å². The Kier molecular flexibility index (Phi) is 4.77. The van der Waals surface area contributed by atoms with E-state index in [9.17, 15) is 8.42 Å². The monoisotopic (exact) mass is 388 g/mol. The highest BCUT2D eigenvalue weighted by Gasteiger charge is 2.34. The molecule has 1 aromatic carbocycles. The van der Waals surface area contributed by atoms with E-state index < -0.39 is 10.0 Å². The number of fused-ring (bicyclic) bond motifs is 1. The number of rotatable bonds is 4. The van der Waals surface area contributed by atoms with Gasteiger partial charge in [0.1, 0.15) is 10.6 Å². The zero-order valence-corrected chi connectivity index (χ0v) is 15.0. The Hall–Kier alpha value is -0.630. The van der Waals surface area contributed by atoms with Crippen LogP contribution in [0, 0.1) is 5.92 Å². The number of hydrogen-bond donors (Lipinski definition) is 1. The molecule has 1 aromatic rings. The number of nitrogens with zero attached hydrogens (tertiary/aromatic N) is 1. The number of hydrogen-bond acceptors (Lipinski definition) is 4. The minimum atomic E-state index is -3.51. The second kappa shape index (κ2) is 6.47. The van der Waals surface area contributed by atoms with Crippen molar-refractivity contribution in [2.45, 2.75) is 24.2 Å². The van der Waals surface area contributed by atoms with Gasteiger partial charge in [0.05, 0.1) is 6.61 Å². The van der Waals surface area contributed by atoms with Crippen molar-refractivity contribution < 1.29 is 13.2 Å². The molecule has 7 heteroatoms. The van der Waals surface area contributed by atoms with Gasteiger partial charge in [-0.2, -0.15) is 4.31 Å². The Balaban J connectivity index is 1.93. The van der Waals surface area contributed by atoms with Crippen LogP contribution < -0.4 is 10.1 Å². The summed E-state index contributed by atoms with van der Waals surface area (Å²) in [5.74, 6) is 0.911. The van der Waals surface area contributed by atoms with Crippen molar-refractivity contribution in [3.63, 3.8) is 0 Å². The van der Waals surface area contributed by atoms with Gasteiger partial charge in [0, 0.05) is 29.5 Å². The Bertz CT molecular complexity index is 661. The average Bonchev–Trinajstić information content (AvgIpc) is 2.95. The number of sulfonamides is 1. The molecule has 0 aliphatic carbocycles. The lowest BCUT2D eigenvalue weighted by atomic mass is 10.00. The van der Waals surface area contributed by atoms with Gasteiger partial charge >= 0.3 is 0 Å². The largest absolute Gasteiger partial charge is 0.492 e. The van der Waals surface area contributed by atoms with Crippen molar-refractivity contribution in [2.24, 2.45) is 5.92 Å². The van der Waals surface area contributed by atoms with Crippen LogP contribution in [0.15, 0.2) is 21.5 Å². The Morgan fingerprint density at radius 3 is 3.05 bits per heavy atom. The molecule has 0 radical (unpaired) electrons. The number of benzene rings is 1. The molecule has 0 spiro atoms. The van der Waals surface area contributed by atoms with E-state index in [2.05, 4.69) is 21.2 Å². The topological polar surface area (TPSA) is 58.6 Å². The molecular weight excluding hydrogens is 368 g/mol. The Labute approximate surface area is 140 Å². The van der Waals surface area contributed by atoms with E-state index in [0.717, 1.165) is 35.8 Å². The van der Waals surface area contributed by atoms with Crippen LogP contribution in [0.1, 0.15) is 18.4 Å². The molecule has 5 nitrogen and oxygen atoms in total. The van der Waals surface area contributed by atoms with Crippen molar-refractivity contribution >= 4 is 26.0 Å². The van der Waals surface area contributed by atoms with Gasteiger partial charge in [-0.05, 0) is 44.5 Å². The maximum Gasteiger partial charge on any atom is 0.246 e. The lowest BCUT2D eigenvalue weighted by Crippen LogP contribution is -2.42. The van der Waals surface area contributed by atoms with E-state index >= 15 is 0 Å². The fourth-order valence-electron chi connectivity index (χ4n) is 3.27. The van der Waals surface area contributed by atoms with Crippen LogP contribution in [-0.2, 0) is 16.4 Å². The van der Waals surface area contributed by atoms with E-state index in [1.165, 1.54) is 0 Å². The van der Waals surface area contributed by atoms with Crippen molar-refractivity contribution in [1.29, 1.82) is 0 Å². The third-order valence-electron chi connectivity index (χ3n) is 4.31. The van der Waals surface area contributed by atoms with Crippen LogP contribution in [0.4, 0.5) is 0 Å². The lowest BCUT2D eigenvalue weighted by Gasteiger charge is -2.32. The lowest BCUT2D eigenvalue weighted by molar-refractivity contribution is 0.262. The van der Waals surface area contributed by atoms with Gasteiger partial charge in [-0.1, -0.05) is 15.9 Å². The van der Waals surface area contributed by atoms with Gasteiger partial charge in [0.15, 0.2) is 0 Å². The van der Waals surface area contributed by atoms with Gasteiger partial charge in [0.2, 0.25) is 10.0 Å². The zero-order chi connectivity index (χ0) is 15.7. The maximum absolute atomic E-state index is 13.1. The molecule has 2 aliphatic heterocycles. The third-order valence-corrected chi connectivity index (χ3v) is 6.64. The second-order valence-corrected chi connectivity index (χ2v) is 8.74. The Morgan fingerprint density at radius 1 is 1.45 bits per heavy atom. The first-order valence-corrected chi connectivity index (χ1v) is 9.85. The molecule has 3 rings (SSSR count). The van der Waals surface area contributed by atoms with Crippen LogP contribution in [0.25, 0.3) is 0 Å². The molecule has 1 unspecified atom stereocenters. The molecule has 1 N–H and O–H groups in total. The summed E-state index contributed by atoms with van der Waals surface area (Å²) < 4.78 is 34.1. The first kappa shape index (κ1) is 16.2. The van der Waals surface area contributed by atoms with Gasteiger partial charge in [-0.3, -0.25) is 0 Å². The summed E-state index contributed by atoms with van der Waals surface area (Å²) in [7, 11) is -1.61. The summed E-state index contributed by atoms with van der Waals surface area (Å²) in [5.41, 5.74) is 0.969. The molecule has 22 heavy (non-hydrogen) atoms. The summed E-state index contributed by atoms with van der Waals surface area (Å²) in [5, 5.41) is 3.15. The zero-order valence-electron chi connectivity index (χ0n) is 12.6. The molecule has 0 aromatic heterocycles. The molecule has 0 saturated carbocycles. The number of ether oxygens (including phenoxy) is 1. The molecule has 1 fully saturated rings. The average molecular weight is 389 g/mol. The fourth-order valence-corrected chi connectivity index (χ4v) is 5.68. The number of piperidine rings is 1. The predicted octanol–water partition coefficient (Wildman–Crippen LogP) is 2.00. The van der Waals surface area contributed by atoms with E-state index in [1.54, 1.807) is 10.4 Å². The van der Waals surface area contributed by atoms with Crippen molar-refractivity contribution in [3.8, 4) is 5.75 Å². The first-order chi connectivity index (χ1) is 10.5. The minimum Gasteiger partial charge on any atom is -0.492 e. The van der Waals surface area contributed by atoms with Gasteiger partial charge in [0.25, 0.3) is 0 Å². The van der Waals surface area contributed by atoms with Gasteiger partial charge < -0.3 is 10.1 Å². The van der Waals surface area contributed by atoms with Crippen molar-refractivity contribution in [2.75, 3.05) is 33.3 Å². The van der Waals surface area contributed by atoms with Crippen LogP contribution in [-0.4, -0.2) is 46.0 Å². The maximum atomic E-state index is 13.1.